The molecular weight excluding hydrogens is 459 g/mol. The van der Waals surface area contributed by atoms with Crippen molar-refractivity contribution in [1.29, 1.82) is 0 Å². The van der Waals surface area contributed by atoms with Gasteiger partial charge in [-0.25, -0.2) is 13.8 Å². The summed E-state index contributed by atoms with van der Waals surface area (Å²) in [6, 6.07) is 2.79. The van der Waals surface area contributed by atoms with Crippen LogP contribution in [0.5, 0.6) is 5.75 Å². The highest BCUT2D eigenvalue weighted by Crippen LogP contribution is 2.28. The number of hydrogen-bond donors (Lipinski definition) is 2. The Morgan fingerprint density at radius 3 is 2.65 bits per heavy atom. The molecule has 34 heavy (non-hydrogen) atoms. The van der Waals surface area contributed by atoms with Gasteiger partial charge in [0.2, 0.25) is 0 Å². The Bertz CT molecular complexity index is 1200. The lowest BCUT2D eigenvalue weighted by atomic mass is 9.99. The predicted molar refractivity (Wildman–Crippen MR) is 114 cm³/mol. The van der Waals surface area contributed by atoms with Crippen molar-refractivity contribution in [2.45, 2.75) is 51.6 Å². The zero-order valence-corrected chi connectivity index (χ0v) is 18.5. The highest BCUT2D eigenvalue weighted by Gasteiger charge is 2.42. The standard InChI is InChI=1S/C23H23F5N4O2/c1-12-8-18(34-11-15-16(24)4-3-5-17(15)25)21-30-13(2)20(32(21)10-12)22(33)31-14-6-7-29-19(9-14)23(26,27)28/h3-5,8,10,14,19,29H,6-7,9,11H2,1-2H3,(H,31,33). The van der Waals surface area contributed by atoms with Crippen molar-refractivity contribution in [2.24, 2.45) is 0 Å². The van der Waals surface area contributed by atoms with Crippen LogP contribution in [0.3, 0.4) is 0 Å². The highest BCUT2D eigenvalue weighted by atomic mass is 19.4. The topological polar surface area (TPSA) is 67.7 Å². The van der Waals surface area contributed by atoms with E-state index in [0.717, 1.165) is 12.1 Å². The minimum absolute atomic E-state index is 0.130. The number of benzene rings is 1. The number of ether oxygens (including phenoxy) is 1. The molecule has 11 heteroatoms. The van der Waals surface area contributed by atoms with E-state index >= 15 is 0 Å². The Hall–Kier alpha value is -3.21. The molecule has 1 amide bonds. The normalized spacial score (nSPS) is 18.8. The first-order valence-corrected chi connectivity index (χ1v) is 10.7. The average Bonchev–Trinajstić information content (AvgIpc) is 3.08. The molecule has 1 aromatic carbocycles. The number of nitrogens with one attached hydrogen (secondary N) is 2. The maximum atomic E-state index is 14.0. The van der Waals surface area contributed by atoms with E-state index in [1.54, 1.807) is 26.1 Å². The minimum atomic E-state index is -4.40. The number of alkyl halides is 3. The molecular formula is C23H23F5N4O2. The van der Waals surface area contributed by atoms with Crippen LogP contribution in [0.25, 0.3) is 5.65 Å². The van der Waals surface area contributed by atoms with Crippen molar-refractivity contribution in [1.82, 2.24) is 20.0 Å². The maximum Gasteiger partial charge on any atom is 0.403 e. The quantitative estimate of drug-likeness (QED) is 0.535. The van der Waals surface area contributed by atoms with Gasteiger partial charge in [0.15, 0.2) is 11.4 Å². The van der Waals surface area contributed by atoms with E-state index in [1.807, 2.05) is 0 Å². The van der Waals surface area contributed by atoms with Gasteiger partial charge in [-0.15, -0.1) is 0 Å². The van der Waals surface area contributed by atoms with E-state index in [2.05, 4.69) is 15.6 Å². The molecule has 182 valence electrons. The van der Waals surface area contributed by atoms with Crippen molar-refractivity contribution < 1.29 is 31.5 Å². The number of imidazole rings is 1. The van der Waals surface area contributed by atoms with Crippen LogP contribution < -0.4 is 15.4 Å². The van der Waals surface area contributed by atoms with Crippen LogP contribution in [-0.4, -0.2) is 40.1 Å². The molecule has 1 fully saturated rings. The second-order valence-corrected chi connectivity index (χ2v) is 8.35. The smallest absolute Gasteiger partial charge is 0.403 e. The van der Waals surface area contributed by atoms with Crippen molar-refractivity contribution in [3.63, 3.8) is 0 Å². The largest absolute Gasteiger partial charge is 0.485 e. The Balaban J connectivity index is 1.59. The van der Waals surface area contributed by atoms with Gasteiger partial charge in [-0.1, -0.05) is 6.07 Å². The number of hydrogen-bond acceptors (Lipinski definition) is 4. The molecule has 6 nitrogen and oxygen atoms in total. The Morgan fingerprint density at radius 1 is 1.26 bits per heavy atom. The van der Waals surface area contributed by atoms with E-state index in [0.29, 0.717) is 17.7 Å². The zero-order valence-electron chi connectivity index (χ0n) is 18.5. The number of piperidine rings is 1. The summed E-state index contributed by atoms with van der Waals surface area (Å²) >= 11 is 0. The Morgan fingerprint density at radius 2 is 1.97 bits per heavy atom. The summed E-state index contributed by atoms with van der Waals surface area (Å²) in [6.45, 7) is 3.08. The summed E-state index contributed by atoms with van der Waals surface area (Å²) in [6.07, 6.45) is -2.67. The van der Waals surface area contributed by atoms with E-state index in [-0.39, 0.29) is 42.2 Å². The van der Waals surface area contributed by atoms with Crippen molar-refractivity contribution >= 4 is 11.6 Å². The van der Waals surface area contributed by atoms with Gasteiger partial charge < -0.3 is 15.4 Å². The zero-order chi connectivity index (χ0) is 24.6. The summed E-state index contributed by atoms with van der Waals surface area (Å²) < 4.78 is 74.3. The predicted octanol–water partition coefficient (Wildman–Crippen LogP) is 4.22. The lowest BCUT2D eigenvalue weighted by Crippen LogP contribution is -2.53. The number of pyridine rings is 1. The van der Waals surface area contributed by atoms with Gasteiger partial charge in [0.1, 0.15) is 30.0 Å². The third-order valence-electron chi connectivity index (χ3n) is 5.78. The third kappa shape index (κ3) is 4.84. The molecule has 0 spiro atoms. The fraction of sp³-hybridized carbons (Fsp3) is 0.391. The first kappa shape index (κ1) is 23.9. The molecule has 0 aliphatic carbocycles. The number of aryl methyl sites for hydroxylation is 2. The molecule has 3 aromatic rings. The Labute approximate surface area is 192 Å². The molecule has 2 aromatic heterocycles. The average molecular weight is 482 g/mol. The lowest BCUT2D eigenvalue weighted by molar-refractivity contribution is -0.161. The van der Waals surface area contributed by atoms with Gasteiger partial charge >= 0.3 is 6.18 Å². The van der Waals surface area contributed by atoms with Crippen molar-refractivity contribution in [3.8, 4) is 5.75 Å². The fourth-order valence-electron chi connectivity index (χ4n) is 4.11. The number of fused-ring (bicyclic) bond motifs is 1. The third-order valence-corrected chi connectivity index (χ3v) is 5.78. The molecule has 0 radical (unpaired) electrons. The fourth-order valence-corrected chi connectivity index (χ4v) is 4.11. The maximum absolute atomic E-state index is 14.0. The molecule has 1 saturated heterocycles. The molecule has 1 aliphatic heterocycles. The van der Waals surface area contributed by atoms with E-state index in [9.17, 15) is 26.7 Å². The van der Waals surface area contributed by atoms with Crippen LogP contribution in [0.2, 0.25) is 0 Å². The second kappa shape index (κ2) is 9.21. The van der Waals surface area contributed by atoms with Gasteiger partial charge in [0, 0.05) is 12.2 Å². The molecule has 2 atom stereocenters. The lowest BCUT2D eigenvalue weighted by Gasteiger charge is -2.32. The van der Waals surface area contributed by atoms with E-state index < -0.39 is 35.8 Å². The minimum Gasteiger partial charge on any atom is -0.485 e. The summed E-state index contributed by atoms with van der Waals surface area (Å²) in [5.74, 6) is -1.84. The van der Waals surface area contributed by atoms with Crippen molar-refractivity contribution in [2.75, 3.05) is 6.54 Å². The highest BCUT2D eigenvalue weighted by molar-refractivity contribution is 5.95. The number of carbonyl (C=O) groups excluding carboxylic acids is 1. The number of amides is 1. The van der Waals surface area contributed by atoms with Crippen LogP contribution in [0.15, 0.2) is 30.5 Å². The van der Waals surface area contributed by atoms with E-state index in [4.69, 9.17) is 4.74 Å². The van der Waals surface area contributed by atoms with Crippen LogP contribution >= 0.6 is 0 Å². The number of halogens is 5. The molecule has 2 N–H and O–H groups in total. The molecule has 3 heterocycles. The second-order valence-electron chi connectivity index (χ2n) is 8.35. The van der Waals surface area contributed by atoms with Crippen LogP contribution in [-0.2, 0) is 6.61 Å². The van der Waals surface area contributed by atoms with E-state index in [1.165, 1.54) is 10.5 Å². The van der Waals surface area contributed by atoms with Crippen LogP contribution in [0.1, 0.15) is 40.2 Å². The summed E-state index contributed by atoms with van der Waals surface area (Å²) in [5, 5.41) is 5.11. The number of nitrogens with zero attached hydrogens (tertiary/aromatic N) is 2. The van der Waals surface area contributed by atoms with Gasteiger partial charge in [0.25, 0.3) is 5.91 Å². The Kier molecular flexibility index (Phi) is 6.48. The first-order valence-electron chi connectivity index (χ1n) is 10.7. The van der Waals surface area contributed by atoms with Crippen molar-refractivity contribution in [3.05, 3.63) is 64.6 Å². The number of aromatic nitrogens is 2. The SMILES string of the molecule is Cc1cc(OCc2c(F)cccc2F)c2nc(C)c(C(=O)NC3CCNC(C(F)(F)F)C3)n2c1. The van der Waals surface area contributed by atoms with Gasteiger partial charge in [-0.2, -0.15) is 13.2 Å². The summed E-state index contributed by atoms with van der Waals surface area (Å²) in [4.78, 5) is 17.4. The molecule has 0 bridgehead atoms. The number of rotatable bonds is 5. The van der Waals surface area contributed by atoms with Gasteiger partial charge in [-0.05, 0) is 57.0 Å². The van der Waals surface area contributed by atoms with Gasteiger partial charge in [-0.3, -0.25) is 9.20 Å². The summed E-state index contributed by atoms with van der Waals surface area (Å²) in [7, 11) is 0. The molecule has 4 rings (SSSR count). The number of carbonyl (C=O) groups is 1. The molecule has 1 aliphatic rings. The monoisotopic (exact) mass is 482 g/mol. The molecule has 2 unspecified atom stereocenters. The summed E-state index contributed by atoms with van der Waals surface area (Å²) in [5.41, 5.74) is 1.19. The molecule has 0 saturated carbocycles. The van der Waals surface area contributed by atoms with Crippen LogP contribution in [0, 0.1) is 25.5 Å². The van der Waals surface area contributed by atoms with Gasteiger partial charge in [0.05, 0.1) is 11.3 Å². The van der Waals surface area contributed by atoms with Crippen LogP contribution in [0.4, 0.5) is 22.0 Å². The first-order chi connectivity index (χ1) is 16.0.